The molecule has 1 heterocycles. The van der Waals surface area contributed by atoms with Crippen LogP contribution in [0.4, 0.5) is 0 Å². The van der Waals surface area contributed by atoms with E-state index in [-0.39, 0.29) is 9.23 Å². The van der Waals surface area contributed by atoms with E-state index in [1.165, 1.54) is 6.07 Å². The highest BCUT2D eigenvalue weighted by molar-refractivity contribution is 9.09. The number of hydrogen-bond acceptors (Lipinski definition) is 3. The minimum atomic E-state index is -3.52. The number of nitrogens with one attached hydrogen (secondary N) is 1. The molecule has 0 aromatic carbocycles. The number of thiophene rings is 1. The molecule has 1 N–H and O–H groups in total. The molecule has 1 aromatic rings. The van der Waals surface area contributed by atoms with Crippen LogP contribution in [0.5, 0.6) is 0 Å². The van der Waals surface area contributed by atoms with Crippen LogP contribution in [0.2, 0.25) is 8.67 Å². The first-order chi connectivity index (χ1) is 6.47. The van der Waals surface area contributed by atoms with Gasteiger partial charge in [0, 0.05) is 11.9 Å². The molecule has 1 aromatic heterocycles. The molecule has 1 rings (SSSR count). The first kappa shape index (κ1) is 12.7. The molecule has 0 bridgehead atoms. The lowest BCUT2D eigenvalue weighted by Crippen LogP contribution is -2.25. The van der Waals surface area contributed by atoms with Crippen LogP contribution in [0, 0.1) is 0 Å². The van der Waals surface area contributed by atoms with E-state index in [0.29, 0.717) is 16.2 Å². The molecule has 14 heavy (non-hydrogen) atoms. The maximum Gasteiger partial charge on any atom is 0.242 e. The Morgan fingerprint density at radius 2 is 2.14 bits per heavy atom. The lowest BCUT2D eigenvalue weighted by Gasteiger charge is -2.02. The van der Waals surface area contributed by atoms with Crippen LogP contribution >= 0.6 is 50.5 Å². The summed E-state index contributed by atoms with van der Waals surface area (Å²) >= 11 is 15.5. The molecule has 0 aliphatic heterocycles. The fourth-order valence-corrected chi connectivity index (χ4v) is 4.40. The Bertz CT molecular complexity index is 417. The fourth-order valence-electron chi connectivity index (χ4n) is 0.759. The van der Waals surface area contributed by atoms with Gasteiger partial charge in [-0.2, -0.15) is 0 Å². The number of alkyl halides is 1. The second-order valence-corrected chi connectivity index (χ2v) is 7.09. The fraction of sp³-hybridized carbons (Fsp3) is 0.333. The number of hydrogen-bond donors (Lipinski definition) is 1. The van der Waals surface area contributed by atoms with Crippen molar-refractivity contribution in [3.8, 4) is 0 Å². The largest absolute Gasteiger partial charge is 0.242 e. The van der Waals surface area contributed by atoms with Gasteiger partial charge in [-0.05, 0) is 6.07 Å². The Balaban J connectivity index is 2.98. The van der Waals surface area contributed by atoms with Gasteiger partial charge >= 0.3 is 0 Å². The molecule has 80 valence electrons. The van der Waals surface area contributed by atoms with Crippen LogP contribution in [-0.2, 0) is 10.0 Å². The SMILES string of the molecule is O=S(=O)(NCCBr)c1cc(Cl)sc1Cl. The Morgan fingerprint density at radius 1 is 1.50 bits per heavy atom. The third kappa shape index (κ3) is 3.08. The molecule has 0 spiro atoms. The molecule has 0 unspecified atom stereocenters. The van der Waals surface area contributed by atoms with E-state index in [9.17, 15) is 8.42 Å². The summed E-state index contributed by atoms with van der Waals surface area (Å²) in [6, 6.07) is 1.34. The number of halogens is 3. The minimum Gasteiger partial charge on any atom is -0.210 e. The summed E-state index contributed by atoms with van der Waals surface area (Å²) in [6.45, 7) is 0.312. The van der Waals surface area contributed by atoms with Gasteiger partial charge in [0.25, 0.3) is 0 Å². The molecule has 3 nitrogen and oxygen atoms in total. The van der Waals surface area contributed by atoms with Crippen molar-refractivity contribution >= 4 is 60.5 Å². The highest BCUT2D eigenvalue weighted by Crippen LogP contribution is 2.33. The van der Waals surface area contributed by atoms with Crippen molar-refractivity contribution in [3.05, 3.63) is 14.7 Å². The summed E-state index contributed by atoms with van der Waals surface area (Å²) in [7, 11) is -3.52. The van der Waals surface area contributed by atoms with Crippen molar-refractivity contribution in [3.63, 3.8) is 0 Å². The van der Waals surface area contributed by atoms with Crippen molar-refractivity contribution in [2.45, 2.75) is 4.90 Å². The minimum absolute atomic E-state index is 0.0371. The van der Waals surface area contributed by atoms with Gasteiger partial charge in [0.15, 0.2) is 0 Å². The molecule has 0 aliphatic rings. The van der Waals surface area contributed by atoms with Crippen LogP contribution in [0.3, 0.4) is 0 Å². The zero-order valence-corrected chi connectivity index (χ0v) is 11.5. The third-order valence-electron chi connectivity index (χ3n) is 1.30. The van der Waals surface area contributed by atoms with Gasteiger partial charge in [-0.25, -0.2) is 13.1 Å². The first-order valence-corrected chi connectivity index (χ1v) is 7.65. The molecular weight excluding hydrogens is 333 g/mol. The normalized spacial score (nSPS) is 11.9. The molecule has 8 heteroatoms. The molecule has 0 amide bonds. The van der Waals surface area contributed by atoms with Crippen molar-refractivity contribution in [2.24, 2.45) is 0 Å². The van der Waals surface area contributed by atoms with Gasteiger partial charge in [0.1, 0.15) is 9.23 Å². The van der Waals surface area contributed by atoms with Crippen molar-refractivity contribution < 1.29 is 8.42 Å². The van der Waals surface area contributed by atoms with Crippen LogP contribution in [-0.4, -0.2) is 20.3 Å². The van der Waals surface area contributed by atoms with E-state index in [4.69, 9.17) is 23.2 Å². The lowest BCUT2D eigenvalue weighted by atomic mass is 10.7. The summed E-state index contributed by atoms with van der Waals surface area (Å²) < 4.78 is 26.0. The maximum atomic E-state index is 11.6. The Kier molecular flexibility index (Phi) is 4.67. The lowest BCUT2D eigenvalue weighted by molar-refractivity contribution is 0.585. The quantitative estimate of drug-likeness (QED) is 0.858. The summed E-state index contributed by atoms with van der Waals surface area (Å²) in [6.07, 6.45) is 0. The van der Waals surface area contributed by atoms with E-state index < -0.39 is 10.0 Å². The highest BCUT2D eigenvalue weighted by atomic mass is 79.9. The number of rotatable bonds is 4. The summed E-state index contributed by atoms with van der Waals surface area (Å²) in [5.41, 5.74) is 0. The molecular formula is C6H6BrCl2NO2S2. The average molecular weight is 339 g/mol. The zero-order valence-electron chi connectivity index (χ0n) is 6.76. The van der Waals surface area contributed by atoms with Gasteiger partial charge in [-0.15, -0.1) is 11.3 Å². The molecule has 0 radical (unpaired) electrons. The van der Waals surface area contributed by atoms with Gasteiger partial charge in [-0.1, -0.05) is 39.1 Å². The zero-order chi connectivity index (χ0) is 10.8. The van der Waals surface area contributed by atoms with Crippen molar-refractivity contribution in [2.75, 3.05) is 11.9 Å². The molecule has 0 aliphatic carbocycles. The topological polar surface area (TPSA) is 46.2 Å². The third-order valence-corrected chi connectivity index (χ3v) is 4.91. The number of sulfonamides is 1. The monoisotopic (exact) mass is 337 g/mol. The van der Waals surface area contributed by atoms with Crippen LogP contribution in [0.1, 0.15) is 0 Å². The molecule has 0 saturated carbocycles. The predicted octanol–water partition coefficient (Wildman–Crippen LogP) is 2.73. The average Bonchev–Trinajstić information content (AvgIpc) is 2.42. The van der Waals surface area contributed by atoms with Gasteiger partial charge in [0.2, 0.25) is 10.0 Å². The molecule has 0 fully saturated rings. The smallest absolute Gasteiger partial charge is 0.210 e. The maximum absolute atomic E-state index is 11.6. The first-order valence-electron chi connectivity index (χ1n) is 3.48. The summed E-state index contributed by atoms with van der Waals surface area (Å²) in [5, 5.41) is 0.543. The predicted molar refractivity (Wildman–Crippen MR) is 63.3 cm³/mol. The van der Waals surface area contributed by atoms with Crippen molar-refractivity contribution in [1.82, 2.24) is 4.72 Å². The Morgan fingerprint density at radius 3 is 2.57 bits per heavy atom. The van der Waals surface area contributed by atoms with Gasteiger partial charge in [-0.3, -0.25) is 0 Å². The van der Waals surface area contributed by atoms with Crippen LogP contribution in [0.25, 0.3) is 0 Å². The highest BCUT2D eigenvalue weighted by Gasteiger charge is 2.19. The standard InChI is InChI=1S/C6H6BrCl2NO2S2/c7-1-2-10-14(11,12)4-3-5(8)13-6(4)9/h3,10H,1-2H2. The van der Waals surface area contributed by atoms with E-state index in [1.54, 1.807) is 0 Å². The van der Waals surface area contributed by atoms with Gasteiger partial charge < -0.3 is 0 Å². The molecule has 0 atom stereocenters. The molecule has 0 saturated heterocycles. The van der Waals surface area contributed by atoms with E-state index in [2.05, 4.69) is 20.7 Å². The second-order valence-electron chi connectivity index (χ2n) is 2.28. The summed E-state index contributed by atoms with van der Waals surface area (Å²) in [4.78, 5) is 0.0371. The van der Waals surface area contributed by atoms with Crippen LogP contribution < -0.4 is 4.72 Å². The van der Waals surface area contributed by atoms with Gasteiger partial charge in [0.05, 0.1) is 4.34 Å². The Labute approximate surface area is 105 Å². The van der Waals surface area contributed by atoms with E-state index in [1.807, 2.05) is 0 Å². The Hall–Kier alpha value is 0.670. The van der Waals surface area contributed by atoms with E-state index >= 15 is 0 Å². The summed E-state index contributed by atoms with van der Waals surface area (Å²) in [5.74, 6) is 0. The van der Waals surface area contributed by atoms with E-state index in [0.717, 1.165) is 11.3 Å². The van der Waals surface area contributed by atoms with Crippen molar-refractivity contribution in [1.29, 1.82) is 0 Å². The second kappa shape index (κ2) is 5.14. The van der Waals surface area contributed by atoms with Crippen LogP contribution in [0.15, 0.2) is 11.0 Å².